The predicted octanol–water partition coefficient (Wildman–Crippen LogP) is -2.45. The van der Waals surface area contributed by atoms with Gasteiger partial charge in [-0.05, 0) is 7.05 Å². The average Bonchev–Trinajstić information content (AvgIpc) is 1.67. The summed E-state index contributed by atoms with van der Waals surface area (Å²) >= 11 is 0. The number of amides is 1. The number of hydrogen-bond donors (Lipinski definition) is 4. The van der Waals surface area contributed by atoms with Crippen LogP contribution in [0, 0.1) is 0 Å². The molecule has 0 aromatic rings. The molecule has 5 heteroatoms. The van der Waals surface area contributed by atoms with Crippen molar-refractivity contribution in [2.75, 3.05) is 7.05 Å². The third-order valence-electron chi connectivity index (χ3n) is 0.609. The van der Waals surface area contributed by atoms with Gasteiger partial charge in [-0.2, -0.15) is 0 Å². The summed E-state index contributed by atoms with van der Waals surface area (Å²) in [6.45, 7) is 0. The van der Waals surface area contributed by atoms with E-state index in [0.29, 0.717) is 0 Å². The van der Waals surface area contributed by atoms with E-state index in [9.17, 15) is 4.79 Å². The fourth-order valence-electron chi connectivity index (χ4n) is 0.154. The molecule has 0 spiro atoms. The van der Waals surface area contributed by atoms with Crippen molar-refractivity contribution in [1.82, 2.24) is 10.6 Å². The second-order valence-electron chi connectivity index (χ2n) is 1.18. The fourth-order valence-corrected chi connectivity index (χ4v) is 0.154. The molecular formula is C3H8N2O3. The van der Waals surface area contributed by atoms with Crippen molar-refractivity contribution in [3.8, 4) is 0 Å². The van der Waals surface area contributed by atoms with Crippen LogP contribution in [0.4, 0.5) is 0 Å². The second kappa shape index (κ2) is 2.61. The van der Waals surface area contributed by atoms with Gasteiger partial charge in [-0.1, -0.05) is 0 Å². The van der Waals surface area contributed by atoms with Gasteiger partial charge in [0.05, 0.1) is 0 Å². The molecule has 0 rings (SSSR count). The minimum Gasteiger partial charge on any atom is -0.336 e. The highest BCUT2D eigenvalue weighted by Gasteiger charge is 2.16. The molecule has 8 heavy (non-hydrogen) atoms. The van der Waals surface area contributed by atoms with Gasteiger partial charge in [0, 0.05) is 0 Å². The summed E-state index contributed by atoms with van der Waals surface area (Å²) < 4.78 is 0. The first-order chi connectivity index (χ1) is 3.62. The first-order valence-electron chi connectivity index (χ1n) is 1.97. The number of nitrogens with one attached hydrogen (secondary N) is 2. The molecule has 0 heterocycles. The van der Waals surface area contributed by atoms with Crippen molar-refractivity contribution in [1.29, 1.82) is 0 Å². The zero-order valence-corrected chi connectivity index (χ0v) is 4.38. The van der Waals surface area contributed by atoms with E-state index >= 15 is 0 Å². The second-order valence-corrected chi connectivity index (χ2v) is 1.18. The molecule has 0 aliphatic heterocycles. The van der Waals surface area contributed by atoms with Crippen molar-refractivity contribution >= 4 is 6.41 Å². The van der Waals surface area contributed by atoms with Crippen molar-refractivity contribution in [2.45, 2.75) is 6.03 Å². The molecule has 4 N–H and O–H groups in total. The Bertz CT molecular complexity index is 82.6. The van der Waals surface area contributed by atoms with Crippen molar-refractivity contribution in [2.24, 2.45) is 0 Å². The SMILES string of the molecule is CNC(O)(O)NC=O. The normalized spacial score (nSPS) is 10.9. The highest BCUT2D eigenvalue weighted by atomic mass is 16.5. The van der Waals surface area contributed by atoms with Gasteiger partial charge in [0.15, 0.2) is 0 Å². The molecule has 0 bridgehead atoms. The van der Waals surface area contributed by atoms with E-state index in [1.165, 1.54) is 7.05 Å². The zero-order chi connectivity index (χ0) is 6.62. The maximum Gasteiger partial charge on any atom is 0.311 e. The molecule has 0 aliphatic rings. The van der Waals surface area contributed by atoms with Crippen LogP contribution in [0.2, 0.25) is 0 Å². The standard InChI is InChI=1S/C3H8N2O3/c1-4-3(7,8)5-2-6/h2,4,7-8H,1H3,(H,5,6). The Morgan fingerprint density at radius 2 is 2.12 bits per heavy atom. The first kappa shape index (κ1) is 7.35. The molecule has 0 saturated carbocycles. The van der Waals surface area contributed by atoms with Gasteiger partial charge in [0.1, 0.15) is 0 Å². The quantitative estimate of drug-likeness (QED) is 0.246. The molecule has 0 saturated heterocycles. The molecule has 0 aliphatic carbocycles. The molecule has 0 aromatic carbocycles. The Morgan fingerprint density at radius 3 is 2.25 bits per heavy atom. The van der Waals surface area contributed by atoms with E-state index in [1.807, 2.05) is 5.32 Å². The van der Waals surface area contributed by atoms with Crippen molar-refractivity contribution in [3.05, 3.63) is 0 Å². The summed E-state index contributed by atoms with van der Waals surface area (Å²) in [6, 6.07) is -2.28. The van der Waals surface area contributed by atoms with Crippen LogP contribution in [0.1, 0.15) is 0 Å². The van der Waals surface area contributed by atoms with E-state index in [2.05, 4.69) is 0 Å². The highest BCUT2D eigenvalue weighted by Crippen LogP contribution is 1.78. The predicted molar refractivity (Wildman–Crippen MR) is 25.4 cm³/mol. The Morgan fingerprint density at radius 1 is 1.62 bits per heavy atom. The Labute approximate surface area is 46.3 Å². The van der Waals surface area contributed by atoms with Crippen LogP contribution in [-0.2, 0) is 4.79 Å². The van der Waals surface area contributed by atoms with Gasteiger partial charge in [0.25, 0.3) is 0 Å². The van der Waals surface area contributed by atoms with E-state index in [-0.39, 0.29) is 6.41 Å². The van der Waals surface area contributed by atoms with Crippen LogP contribution in [0.25, 0.3) is 0 Å². The number of carbonyl (C=O) groups is 1. The molecule has 0 radical (unpaired) electrons. The van der Waals surface area contributed by atoms with Crippen LogP contribution in [0.15, 0.2) is 0 Å². The van der Waals surface area contributed by atoms with Crippen LogP contribution in [0.3, 0.4) is 0 Å². The fraction of sp³-hybridized carbons (Fsp3) is 0.667. The lowest BCUT2D eigenvalue weighted by molar-refractivity contribution is -0.201. The average molecular weight is 120 g/mol. The topological polar surface area (TPSA) is 81.6 Å². The highest BCUT2D eigenvalue weighted by molar-refractivity contribution is 5.46. The molecule has 0 aromatic heterocycles. The van der Waals surface area contributed by atoms with Gasteiger partial charge >= 0.3 is 6.03 Å². The molecule has 1 amide bonds. The summed E-state index contributed by atoms with van der Waals surface area (Å²) in [4.78, 5) is 9.51. The third-order valence-corrected chi connectivity index (χ3v) is 0.609. The zero-order valence-electron chi connectivity index (χ0n) is 4.38. The van der Waals surface area contributed by atoms with E-state index in [1.54, 1.807) is 5.32 Å². The maximum absolute atomic E-state index is 9.51. The molecular weight excluding hydrogens is 112 g/mol. The number of carbonyl (C=O) groups excluding carboxylic acids is 1. The number of hydrogen-bond acceptors (Lipinski definition) is 4. The summed E-state index contributed by atoms with van der Waals surface area (Å²) in [5, 5.41) is 20.6. The van der Waals surface area contributed by atoms with Gasteiger partial charge in [-0.15, -0.1) is 0 Å². The van der Waals surface area contributed by atoms with E-state index in [4.69, 9.17) is 10.2 Å². The lowest BCUT2D eigenvalue weighted by Crippen LogP contribution is -2.54. The first-order valence-corrected chi connectivity index (χ1v) is 1.97. The van der Waals surface area contributed by atoms with Gasteiger partial charge in [-0.3, -0.25) is 15.4 Å². The van der Waals surface area contributed by atoms with E-state index in [0.717, 1.165) is 0 Å². The van der Waals surface area contributed by atoms with Crippen LogP contribution in [-0.4, -0.2) is 29.7 Å². The summed E-state index contributed by atoms with van der Waals surface area (Å²) in [5.74, 6) is 0. The Hall–Kier alpha value is -0.650. The number of aliphatic hydroxyl groups is 2. The molecule has 0 atom stereocenters. The van der Waals surface area contributed by atoms with Crippen LogP contribution < -0.4 is 10.6 Å². The van der Waals surface area contributed by atoms with E-state index < -0.39 is 6.03 Å². The van der Waals surface area contributed by atoms with Crippen molar-refractivity contribution < 1.29 is 15.0 Å². The Balaban J connectivity index is 3.53. The molecule has 48 valence electrons. The largest absolute Gasteiger partial charge is 0.336 e. The lowest BCUT2D eigenvalue weighted by atomic mass is 10.8. The molecule has 5 nitrogen and oxygen atoms in total. The van der Waals surface area contributed by atoms with Gasteiger partial charge in [-0.25, -0.2) is 0 Å². The molecule has 0 unspecified atom stereocenters. The minimum atomic E-state index is -2.28. The van der Waals surface area contributed by atoms with Gasteiger partial charge in [0.2, 0.25) is 6.41 Å². The summed E-state index contributed by atoms with van der Waals surface area (Å²) in [6.07, 6.45) is 0.177. The lowest BCUT2D eigenvalue weighted by Gasteiger charge is -2.17. The monoisotopic (exact) mass is 120 g/mol. The molecule has 0 fully saturated rings. The van der Waals surface area contributed by atoms with Crippen LogP contribution >= 0.6 is 0 Å². The van der Waals surface area contributed by atoms with Crippen LogP contribution in [0.5, 0.6) is 0 Å². The van der Waals surface area contributed by atoms with Crippen molar-refractivity contribution in [3.63, 3.8) is 0 Å². The van der Waals surface area contributed by atoms with Gasteiger partial charge < -0.3 is 10.2 Å². The third kappa shape index (κ3) is 2.51. The number of rotatable bonds is 3. The maximum atomic E-state index is 9.51. The summed E-state index contributed by atoms with van der Waals surface area (Å²) in [7, 11) is 1.29. The minimum absolute atomic E-state index is 0.177. The smallest absolute Gasteiger partial charge is 0.311 e. The Kier molecular flexibility index (Phi) is 2.40. The summed E-state index contributed by atoms with van der Waals surface area (Å²) in [5.41, 5.74) is 0.